The van der Waals surface area contributed by atoms with Crippen LogP contribution < -0.4 is 5.32 Å². The highest BCUT2D eigenvalue weighted by molar-refractivity contribution is 5.78. The lowest BCUT2D eigenvalue weighted by Gasteiger charge is -2.33. The molecule has 0 aromatic carbocycles. The van der Waals surface area contributed by atoms with E-state index in [1.807, 2.05) is 19.0 Å². The zero-order valence-electron chi connectivity index (χ0n) is 8.13. The van der Waals surface area contributed by atoms with Crippen LogP contribution in [0.3, 0.4) is 0 Å². The Balaban J connectivity index is 2.11. The lowest BCUT2D eigenvalue weighted by molar-refractivity contribution is -0.123. The number of carbonyl (C=O) groups excluding carboxylic acids is 1. The van der Waals surface area contributed by atoms with Crippen molar-refractivity contribution >= 4 is 5.91 Å². The first kappa shape index (κ1) is 9.52. The van der Waals surface area contributed by atoms with E-state index in [1.165, 1.54) is 0 Å². The van der Waals surface area contributed by atoms with Gasteiger partial charge < -0.3 is 10.2 Å². The Morgan fingerprint density at radius 3 is 2.50 bits per heavy atom. The Hall–Kier alpha value is -0.570. The van der Waals surface area contributed by atoms with Gasteiger partial charge in [0.05, 0.1) is 6.54 Å². The van der Waals surface area contributed by atoms with E-state index < -0.39 is 0 Å². The zero-order valence-corrected chi connectivity index (χ0v) is 8.13. The van der Waals surface area contributed by atoms with Gasteiger partial charge in [-0.1, -0.05) is 6.92 Å². The number of nitrogens with one attached hydrogen (secondary N) is 1. The number of nitrogens with zero attached hydrogens (tertiary/aromatic N) is 1. The van der Waals surface area contributed by atoms with Crippen molar-refractivity contribution in [2.75, 3.05) is 20.6 Å². The highest BCUT2D eigenvalue weighted by Crippen LogP contribution is 2.25. The van der Waals surface area contributed by atoms with Crippen molar-refractivity contribution in [1.29, 1.82) is 0 Å². The van der Waals surface area contributed by atoms with E-state index in [-0.39, 0.29) is 5.91 Å². The van der Waals surface area contributed by atoms with Crippen LogP contribution in [0.2, 0.25) is 0 Å². The van der Waals surface area contributed by atoms with Crippen LogP contribution in [0, 0.1) is 5.92 Å². The maximum absolute atomic E-state index is 11.2. The number of likely N-dealkylation sites (N-methyl/N-ethyl adjacent to an activating group) is 1. The maximum atomic E-state index is 11.2. The fourth-order valence-electron chi connectivity index (χ4n) is 1.58. The molecule has 1 aliphatic rings. The zero-order chi connectivity index (χ0) is 9.14. The SMILES string of the molecule is CC1CC(NC(=O)CN(C)C)C1. The van der Waals surface area contributed by atoms with Crippen LogP contribution in [-0.2, 0) is 4.79 Å². The molecule has 1 fully saturated rings. The number of amides is 1. The second kappa shape index (κ2) is 3.90. The molecular formula is C9H18N2O. The molecule has 1 N–H and O–H groups in total. The van der Waals surface area contributed by atoms with E-state index in [0.29, 0.717) is 12.6 Å². The molecule has 0 aromatic rings. The maximum Gasteiger partial charge on any atom is 0.234 e. The van der Waals surface area contributed by atoms with Gasteiger partial charge in [0.2, 0.25) is 5.91 Å². The Morgan fingerprint density at radius 1 is 1.50 bits per heavy atom. The number of hydrogen-bond donors (Lipinski definition) is 1. The summed E-state index contributed by atoms with van der Waals surface area (Å²) in [6.45, 7) is 2.72. The fraction of sp³-hybridized carbons (Fsp3) is 0.889. The van der Waals surface area contributed by atoms with Gasteiger partial charge in [-0.15, -0.1) is 0 Å². The molecule has 1 amide bonds. The van der Waals surface area contributed by atoms with Gasteiger partial charge in [-0.25, -0.2) is 0 Å². The van der Waals surface area contributed by atoms with Crippen molar-refractivity contribution in [3.05, 3.63) is 0 Å². The van der Waals surface area contributed by atoms with E-state index in [0.717, 1.165) is 18.8 Å². The average molecular weight is 170 g/mol. The van der Waals surface area contributed by atoms with Crippen LogP contribution in [0.5, 0.6) is 0 Å². The van der Waals surface area contributed by atoms with E-state index in [2.05, 4.69) is 12.2 Å². The molecule has 70 valence electrons. The fourth-order valence-corrected chi connectivity index (χ4v) is 1.58. The molecule has 3 nitrogen and oxygen atoms in total. The molecule has 1 rings (SSSR count). The number of rotatable bonds is 3. The minimum atomic E-state index is 0.150. The van der Waals surface area contributed by atoms with Crippen molar-refractivity contribution in [2.24, 2.45) is 5.92 Å². The van der Waals surface area contributed by atoms with Gasteiger partial charge in [-0.05, 0) is 32.9 Å². The second-order valence-electron chi connectivity index (χ2n) is 4.08. The molecule has 0 heterocycles. The molecule has 1 saturated carbocycles. The van der Waals surface area contributed by atoms with Crippen molar-refractivity contribution in [1.82, 2.24) is 10.2 Å². The third-order valence-corrected chi connectivity index (χ3v) is 2.20. The number of carbonyl (C=O) groups is 1. The molecule has 0 unspecified atom stereocenters. The van der Waals surface area contributed by atoms with Gasteiger partial charge in [-0.2, -0.15) is 0 Å². The molecular weight excluding hydrogens is 152 g/mol. The van der Waals surface area contributed by atoms with Gasteiger partial charge in [0.25, 0.3) is 0 Å². The minimum Gasteiger partial charge on any atom is -0.352 e. The summed E-state index contributed by atoms with van der Waals surface area (Å²) in [6.07, 6.45) is 2.30. The molecule has 0 aromatic heterocycles. The Bertz CT molecular complexity index is 162. The quantitative estimate of drug-likeness (QED) is 0.667. The Labute approximate surface area is 74.1 Å². The lowest BCUT2D eigenvalue weighted by atomic mass is 9.82. The summed E-state index contributed by atoms with van der Waals surface area (Å²) in [7, 11) is 3.81. The molecule has 0 atom stereocenters. The van der Waals surface area contributed by atoms with Crippen LogP contribution in [-0.4, -0.2) is 37.5 Å². The van der Waals surface area contributed by atoms with Crippen molar-refractivity contribution in [3.8, 4) is 0 Å². The van der Waals surface area contributed by atoms with Crippen molar-refractivity contribution in [2.45, 2.75) is 25.8 Å². The highest BCUT2D eigenvalue weighted by atomic mass is 16.2. The standard InChI is InChI=1S/C9H18N2O/c1-7-4-8(5-7)10-9(12)6-11(2)3/h7-8H,4-6H2,1-3H3,(H,10,12). The van der Waals surface area contributed by atoms with Crippen LogP contribution >= 0.6 is 0 Å². The van der Waals surface area contributed by atoms with Gasteiger partial charge in [0.15, 0.2) is 0 Å². The van der Waals surface area contributed by atoms with Crippen LogP contribution in [0.15, 0.2) is 0 Å². The molecule has 0 radical (unpaired) electrons. The average Bonchev–Trinajstić information content (AvgIpc) is 1.82. The summed E-state index contributed by atoms with van der Waals surface area (Å²) in [5.41, 5.74) is 0. The van der Waals surface area contributed by atoms with Crippen molar-refractivity contribution in [3.63, 3.8) is 0 Å². The monoisotopic (exact) mass is 170 g/mol. The summed E-state index contributed by atoms with van der Waals surface area (Å²) in [5, 5.41) is 3.00. The molecule has 0 spiro atoms. The molecule has 0 aliphatic heterocycles. The summed E-state index contributed by atoms with van der Waals surface area (Å²) >= 11 is 0. The van der Waals surface area contributed by atoms with Crippen LogP contribution in [0.1, 0.15) is 19.8 Å². The van der Waals surface area contributed by atoms with Gasteiger partial charge in [0.1, 0.15) is 0 Å². The lowest BCUT2D eigenvalue weighted by Crippen LogP contribution is -2.46. The smallest absolute Gasteiger partial charge is 0.234 e. The first-order valence-corrected chi connectivity index (χ1v) is 4.52. The third-order valence-electron chi connectivity index (χ3n) is 2.20. The van der Waals surface area contributed by atoms with Crippen molar-refractivity contribution < 1.29 is 4.79 Å². The molecule has 0 saturated heterocycles. The summed E-state index contributed by atoms with van der Waals surface area (Å²) in [4.78, 5) is 13.1. The van der Waals surface area contributed by atoms with Crippen LogP contribution in [0.25, 0.3) is 0 Å². The predicted octanol–water partition coefficient (Wildman–Crippen LogP) is 0.463. The van der Waals surface area contributed by atoms with Crippen LogP contribution in [0.4, 0.5) is 0 Å². The highest BCUT2D eigenvalue weighted by Gasteiger charge is 2.26. The number of hydrogen-bond acceptors (Lipinski definition) is 2. The van der Waals surface area contributed by atoms with E-state index in [9.17, 15) is 4.79 Å². The Morgan fingerprint density at radius 2 is 2.08 bits per heavy atom. The van der Waals surface area contributed by atoms with Gasteiger partial charge in [0, 0.05) is 6.04 Å². The first-order valence-electron chi connectivity index (χ1n) is 4.52. The minimum absolute atomic E-state index is 0.150. The van der Waals surface area contributed by atoms with Gasteiger partial charge in [-0.3, -0.25) is 4.79 Å². The predicted molar refractivity (Wildman–Crippen MR) is 48.9 cm³/mol. The summed E-state index contributed by atoms with van der Waals surface area (Å²) < 4.78 is 0. The first-order chi connectivity index (χ1) is 5.58. The largest absolute Gasteiger partial charge is 0.352 e. The van der Waals surface area contributed by atoms with E-state index >= 15 is 0 Å². The molecule has 0 bridgehead atoms. The second-order valence-corrected chi connectivity index (χ2v) is 4.08. The van der Waals surface area contributed by atoms with Gasteiger partial charge >= 0.3 is 0 Å². The molecule has 1 aliphatic carbocycles. The Kier molecular flexibility index (Phi) is 3.09. The van der Waals surface area contributed by atoms with E-state index in [4.69, 9.17) is 0 Å². The summed E-state index contributed by atoms with van der Waals surface area (Å²) in [6, 6.07) is 0.451. The topological polar surface area (TPSA) is 32.3 Å². The molecule has 12 heavy (non-hydrogen) atoms. The third kappa shape index (κ3) is 2.81. The van der Waals surface area contributed by atoms with E-state index in [1.54, 1.807) is 0 Å². The molecule has 3 heteroatoms. The summed E-state index contributed by atoms with van der Waals surface area (Å²) in [5.74, 6) is 0.951. The normalized spacial score (nSPS) is 28.3.